The highest BCUT2D eigenvalue weighted by Gasteiger charge is 2.17. The Hall–Kier alpha value is -1.66. The van der Waals surface area contributed by atoms with Gasteiger partial charge in [-0.2, -0.15) is 0 Å². The standard InChI is InChI=1S/C10H12O4.2H3N/c1-6(11)4-9(13)8(3)10(14)5-7(2)12;;/h3-5H2,1-2H3;2*1H3. The highest BCUT2D eigenvalue weighted by atomic mass is 16.2. The van der Waals surface area contributed by atoms with Gasteiger partial charge in [-0.25, -0.2) is 0 Å². The van der Waals surface area contributed by atoms with Crippen LogP contribution in [0.15, 0.2) is 12.2 Å². The highest BCUT2D eigenvalue weighted by molar-refractivity contribution is 6.26. The van der Waals surface area contributed by atoms with Crippen molar-refractivity contribution in [3.8, 4) is 0 Å². The molecule has 0 aromatic carbocycles. The molecule has 0 spiro atoms. The minimum absolute atomic E-state index is 0. The number of ketones is 4. The van der Waals surface area contributed by atoms with Gasteiger partial charge in [-0.3, -0.25) is 19.2 Å². The average molecular weight is 230 g/mol. The van der Waals surface area contributed by atoms with Crippen molar-refractivity contribution in [1.29, 1.82) is 0 Å². The first kappa shape index (κ1) is 19.8. The van der Waals surface area contributed by atoms with Crippen LogP contribution in [0.4, 0.5) is 0 Å². The van der Waals surface area contributed by atoms with Gasteiger partial charge in [0.1, 0.15) is 11.6 Å². The Morgan fingerprint density at radius 3 is 1.25 bits per heavy atom. The van der Waals surface area contributed by atoms with Crippen LogP contribution in [0.1, 0.15) is 26.7 Å². The van der Waals surface area contributed by atoms with Crippen molar-refractivity contribution in [2.45, 2.75) is 26.7 Å². The van der Waals surface area contributed by atoms with Gasteiger partial charge in [0.15, 0.2) is 11.6 Å². The van der Waals surface area contributed by atoms with Crippen LogP contribution in [0.5, 0.6) is 0 Å². The summed E-state index contributed by atoms with van der Waals surface area (Å²) >= 11 is 0. The lowest BCUT2D eigenvalue weighted by molar-refractivity contribution is -0.126. The molecule has 6 nitrogen and oxygen atoms in total. The second-order valence-electron chi connectivity index (χ2n) is 3.08. The van der Waals surface area contributed by atoms with E-state index in [1.54, 1.807) is 0 Å². The van der Waals surface area contributed by atoms with Crippen LogP contribution >= 0.6 is 0 Å². The molecule has 0 radical (unpaired) electrons. The van der Waals surface area contributed by atoms with Crippen LogP contribution < -0.4 is 12.3 Å². The SMILES string of the molecule is C=C(C(=O)CC(C)=O)C(=O)CC(C)=O.N.N. The highest BCUT2D eigenvalue weighted by Crippen LogP contribution is 2.03. The van der Waals surface area contributed by atoms with Gasteiger partial charge < -0.3 is 12.3 Å². The molecule has 0 bridgehead atoms. The van der Waals surface area contributed by atoms with Gasteiger partial charge in [0, 0.05) is 0 Å². The summed E-state index contributed by atoms with van der Waals surface area (Å²) in [6.07, 6.45) is -0.662. The fourth-order valence-corrected chi connectivity index (χ4v) is 0.821. The molecule has 0 fully saturated rings. The summed E-state index contributed by atoms with van der Waals surface area (Å²) in [7, 11) is 0. The molecule has 0 aliphatic carbocycles. The van der Waals surface area contributed by atoms with Crippen LogP contribution in [-0.2, 0) is 19.2 Å². The zero-order valence-electron chi connectivity index (χ0n) is 9.67. The van der Waals surface area contributed by atoms with E-state index in [-0.39, 0.29) is 42.3 Å². The molecule has 0 aromatic rings. The quantitative estimate of drug-likeness (QED) is 0.396. The number of hydrogen-bond donors (Lipinski definition) is 2. The smallest absolute Gasteiger partial charge is 0.173 e. The molecule has 0 amide bonds. The maximum atomic E-state index is 11.1. The normalized spacial score (nSPS) is 8.12. The fraction of sp³-hybridized carbons (Fsp3) is 0.400. The number of rotatable bonds is 6. The van der Waals surface area contributed by atoms with Gasteiger partial charge in [-0.1, -0.05) is 6.58 Å². The molecule has 0 saturated carbocycles. The van der Waals surface area contributed by atoms with Crippen molar-refractivity contribution in [2.75, 3.05) is 0 Å². The average Bonchev–Trinajstić information content (AvgIpc) is 2.00. The molecule has 0 saturated heterocycles. The van der Waals surface area contributed by atoms with E-state index in [2.05, 4.69) is 6.58 Å². The van der Waals surface area contributed by atoms with E-state index in [0.717, 1.165) is 0 Å². The monoisotopic (exact) mass is 230 g/mol. The van der Waals surface area contributed by atoms with E-state index in [1.807, 2.05) is 0 Å². The first-order valence-electron chi connectivity index (χ1n) is 4.08. The molecule has 6 N–H and O–H groups in total. The topological polar surface area (TPSA) is 138 Å². The van der Waals surface area contributed by atoms with Crippen LogP contribution in [0.2, 0.25) is 0 Å². The Balaban J connectivity index is -0.000000845. The van der Waals surface area contributed by atoms with Crippen LogP contribution in [0.25, 0.3) is 0 Å². The molecule has 0 heterocycles. The Morgan fingerprint density at radius 1 is 0.812 bits per heavy atom. The van der Waals surface area contributed by atoms with Crippen molar-refractivity contribution in [3.05, 3.63) is 12.2 Å². The summed E-state index contributed by atoms with van der Waals surface area (Å²) in [4.78, 5) is 43.4. The van der Waals surface area contributed by atoms with Crippen molar-refractivity contribution < 1.29 is 19.2 Å². The summed E-state index contributed by atoms with van der Waals surface area (Å²) < 4.78 is 0. The van der Waals surface area contributed by atoms with Gasteiger partial charge in [0.25, 0.3) is 0 Å². The van der Waals surface area contributed by atoms with Gasteiger partial charge >= 0.3 is 0 Å². The Kier molecular flexibility index (Phi) is 10.7. The van der Waals surface area contributed by atoms with Crippen molar-refractivity contribution in [3.63, 3.8) is 0 Å². The summed E-state index contributed by atoms with van der Waals surface area (Å²) in [5, 5.41) is 0. The van der Waals surface area contributed by atoms with Crippen molar-refractivity contribution in [2.24, 2.45) is 0 Å². The molecule has 0 aromatic heterocycles. The number of carbonyl (C=O) groups excluding carboxylic acids is 4. The zero-order valence-corrected chi connectivity index (χ0v) is 9.67. The fourth-order valence-electron chi connectivity index (χ4n) is 0.821. The molecular weight excluding hydrogens is 212 g/mol. The van der Waals surface area contributed by atoms with E-state index >= 15 is 0 Å². The van der Waals surface area contributed by atoms with Crippen molar-refractivity contribution in [1.82, 2.24) is 12.3 Å². The molecule has 16 heavy (non-hydrogen) atoms. The number of Topliss-reactive ketones (excluding diaryl/α,β-unsaturated/α-hetero) is 4. The molecular formula is C10H18N2O4. The molecule has 6 heteroatoms. The second kappa shape index (κ2) is 8.63. The van der Waals surface area contributed by atoms with E-state index < -0.39 is 11.6 Å². The Bertz CT molecular complexity index is 291. The Labute approximate surface area is 94.3 Å². The molecule has 0 aliphatic rings. The molecule has 0 atom stereocenters. The van der Waals surface area contributed by atoms with Crippen LogP contribution in [0.3, 0.4) is 0 Å². The molecule has 0 unspecified atom stereocenters. The Morgan fingerprint density at radius 2 is 1.06 bits per heavy atom. The first-order chi connectivity index (χ1) is 6.34. The number of allylic oxidation sites excluding steroid dienone is 1. The third-order valence-electron chi connectivity index (χ3n) is 1.49. The third kappa shape index (κ3) is 7.72. The minimum atomic E-state index is -0.608. The molecule has 92 valence electrons. The van der Waals surface area contributed by atoms with E-state index in [9.17, 15) is 19.2 Å². The zero-order chi connectivity index (χ0) is 11.3. The summed E-state index contributed by atoms with van der Waals surface area (Å²) in [6, 6.07) is 0. The maximum absolute atomic E-state index is 11.1. The summed E-state index contributed by atoms with van der Waals surface area (Å²) in [5.41, 5.74) is -0.268. The van der Waals surface area contributed by atoms with Crippen molar-refractivity contribution >= 4 is 23.1 Å². The van der Waals surface area contributed by atoms with E-state index in [0.29, 0.717) is 0 Å². The third-order valence-corrected chi connectivity index (χ3v) is 1.49. The first-order valence-corrected chi connectivity index (χ1v) is 4.08. The predicted molar refractivity (Wildman–Crippen MR) is 59.8 cm³/mol. The van der Waals surface area contributed by atoms with E-state index in [1.165, 1.54) is 13.8 Å². The van der Waals surface area contributed by atoms with Crippen LogP contribution in [-0.4, -0.2) is 23.1 Å². The maximum Gasteiger partial charge on any atom is 0.173 e. The van der Waals surface area contributed by atoms with Gasteiger partial charge in [-0.15, -0.1) is 0 Å². The molecule has 0 aliphatic heterocycles. The van der Waals surface area contributed by atoms with Gasteiger partial charge in [-0.05, 0) is 13.8 Å². The lowest BCUT2D eigenvalue weighted by Crippen LogP contribution is -2.16. The number of hydrogen-bond acceptors (Lipinski definition) is 6. The van der Waals surface area contributed by atoms with Gasteiger partial charge in [0.05, 0.1) is 18.4 Å². The van der Waals surface area contributed by atoms with Crippen LogP contribution in [0, 0.1) is 0 Å². The second-order valence-corrected chi connectivity index (χ2v) is 3.08. The van der Waals surface area contributed by atoms with E-state index in [4.69, 9.17) is 0 Å². The summed E-state index contributed by atoms with van der Waals surface area (Å²) in [6.45, 7) is 5.76. The number of carbonyl (C=O) groups is 4. The summed E-state index contributed by atoms with van der Waals surface area (Å²) in [5.74, 6) is -1.87. The molecule has 0 rings (SSSR count). The lowest BCUT2D eigenvalue weighted by atomic mass is 10.0. The predicted octanol–water partition coefficient (Wildman–Crippen LogP) is 0.963. The largest absolute Gasteiger partial charge is 0.344 e. The minimum Gasteiger partial charge on any atom is -0.344 e. The lowest BCUT2D eigenvalue weighted by Gasteiger charge is -2.00. The van der Waals surface area contributed by atoms with Gasteiger partial charge in [0.2, 0.25) is 0 Å².